The Morgan fingerprint density at radius 3 is 3.11 bits per heavy atom. The van der Waals surface area contributed by atoms with Gasteiger partial charge in [-0.05, 0) is 37.1 Å². The van der Waals surface area contributed by atoms with E-state index in [2.05, 4.69) is 22.1 Å². The lowest BCUT2D eigenvalue weighted by Crippen LogP contribution is -2.38. The lowest BCUT2D eigenvalue weighted by atomic mass is 10.2. The summed E-state index contributed by atoms with van der Waals surface area (Å²) in [6.07, 6.45) is 4.75. The first-order valence-corrected chi connectivity index (χ1v) is 7.11. The van der Waals surface area contributed by atoms with Crippen molar-refractivity contribution in [1.82, 2.24) is 10.3 Å². The van der Waals surface area contributed by atoms with Crippen LogP contribution in [-0.2, 0) is 0 Å². The van der Waals surface area contributed by atoms with E-state index < -0.39 is 0 Å². The molecule has 0 spiro atoms. The van der Waals surface area contributed by atoms with E-state index in [0.717, 1.165) is 42.5 Å². The van der Waals surface area contributed by atoms with Gasteiger partial charge in [0.15, 0.2) is 5.13 Å². The number of nitrogens with zero attached hydrogens (tertiary/aromatic N) is 3. The molecule has 0 radical (unpaired) electrons. The van der Waals surface area contributed by atoms with Crippen molar-refractivity contribution < 1.29 is 4.92 Å². The lowest BCUT2D eigenvalue weighted by molar-refractivity contribution is -0.380. The van der Waals surface area contributed by atoms with E-state index in [1.807, 2.05) is 0 Å². The fraction of sp³-hybridized carbons (Fsp3) is 0.727. The number of hydrogen-bond acceptors (Lipinski definition) is 6. The molecule has 0 saturated carbocycles. The smallest absolute Gasteiger partial charge is 0.345 e. The van der Waals surface area contributed by atoms with Crippen molar-refractivity contribution in [3.63, 3.8) is 0 Å². The minimum atomic E-state index is -0.376. The maximum absolute atomic E-state index is 10.7. The second-order valence-corrected chi connectivity index (χ2v) is 5.47. The van der Waals surface area contributed by atoms with Gasteiger partial charge in [-0.1, -0.05) is 6.92 Å². The molecule has 6 nitrogen and oxygen atoms in total. The van der Waals surface area contributed by atoms with Crippen LogP contribution in [0.3, 0.4) is 0 Å². The quantitative estimate of drug-likeness (QED) is 0.632. The summed E-state index contributed by atoms with van der Waals surface area (Å²) in [6.45, 7) is 4.96. The highest BCUT2D eigenvalue weighted by Gasteiger charge is 2.21. The number of aromatic nitrogens is 1. The van der Waals surface area contributed by atoms with Crippen LogP contribution in [0.15, 0.2) is 6.20 Å². The van der Waals surface area contributed by atoms with Gasteiger partial charge in [0, 0.05) is 19.1 Å². The SMILES string of the molecule is CCCN(CC1CCCN1)c1ncc([N+](=O)[O-])s1. The van der Waals surface area contributed by atoms with E-state index >= 15 is 0 Å². The Kier molecular flexibility index (Phi) is 4.48. The Bertz CT molecular complexity index is 404. The number of nitro groups is 1. The van der Waals surface area contributed by atoms with Crippen molar-refractivity contribution in [1.29, 1.82) is 0 Å². The van der Waals surface area contributed by atoms with Crippen molar-refractivity contribution in [2.45, 2.75) is 32.2 Å². The van der Waals surface area contributed by atoms with Crippen molar-refractivity contribution in [2.24, 2.45) is 0 Å². The number of thiazole rings is 1. The van der Waals surface area contributed by atoms with Crippen molar-refractivity contribution in [3.05, 3.63) is 16.3 Å². The zero-order valence-corrected chi connectivity index (χ0v) is 11.3. The van der Waals surface area contributed by atoms with Gasteiger partial charge >= 0.3 is 5.00 Å². The zero-order valence-electron chi connectivity index (χ0n) is 10.5. The van der Waals surface area contributed by atoms with Crippen molar-refractivity contribution in [2.75, 3.05) is 24.5 Å². The van der Waals surface area contributed by atoms with Crippen LogP contribution in [0.2, 0.25) is 0 Å². The molecule has 1 N–H and O–H groups in total. The predicted octanol–water partition coefficient (Wildman–Crippen LogP) is 2.02. The van der Waals surface area contributed by atoms with Crippen LogP contribution in [0, 0.1) is 10.1 Å². The molecule has 1 fully saturated rings. The van der Waals surface area contributed by atoms with Gasteiger partial charge in [0.1, 0.15) is 6.20 Å². The standard InChI is InChI=1S/C11H18N4O2S/c1-2-6-14(8-9-4-3-5-12-9)11-13-7-10(18-11)15(16)17/h7,9,12H,2-6,8H2,1H3. The Labute approximate surface area is 110 Å². The molecular weight excluding hydrogens is 252 g/mol. The maximum Gasteiger partial charge on any atom is 0.345 e. The molecule has 1 aliphatic heterocycles. The van der Waals surface area contributed by atoms with Crippen molar-refractivity contribution in [3.8, 4) is 0 Å². The van der Waals surface area contributed by atoms with E-state index in [4.69, 9.17) is 0 Å². The summed E-state index contributed by atoms with van der Waals surface area (Å²) in [5.41, 5.74) is 0. The summed E-state index contributed by atoms with van der Waals surface area (Å²) in [5, 5.41) is 15.0. The third-order valence-corrected chi connectivity index (χ3v) is 4.04. The highest BCUT2D eigenvalue weighted by Crippen LogP contribution is 2.28. The fourth-order valence-corrected chi connectivity index (χ4v) is 2.97. The molecular formula is C11H18N4O2S. The Morgan fingerprint density at radius 2 is 2.56 bits per heavy atom. The molecule has 7 heteroatoms. The molecule has 1 aliphatic rings. The molecule has 1 saturated heterocycles. The molecule has 0 aliphatic carbocycles. The van der Waals surface area contributed by atoms with E-state index in [1.165, 1.54) is 19.0 Å². The van der Waals surface area contributed by atoms with Crippen LogP contribution in [0.1, 0.15) is 26.2 Å². The van der Waals surface area contributed by atoms with Gasteiger partial charge in [0.25, 0.3) is 0 Å². The third kappa shape index (κ3) is 3.17. The first-order valence-electron chi connectivity index (χ1n) is 6.29. The van der Waals surface area contributed by atoms with Gasteiger partial charge in [-0.25, -0.2) is 4.98 Å². The fourth-order valence-electron chi connectivity index (χ4n) is 2.20. The van der Waals surface area contributed by atoms with E-state index in [9.17, 15) is 10.1 Å². The van der Waals surface area contributed by atoms with Crippen LogP contribution in [-0.4, -0.2) is 35.6 Å². The molecule has 1 atom stereocenters. The second-order valence-electron chi connectivity index (χ2n) is 4.48. The first kappa shape index (κ1) is 13.2. The van der Waals surface area contributed by atoms with Gasteiger partial charge in [-0.3, -0.25) is 10.1 Å². The molecule has 0 bridgehead atoms. The number of nitrogens with one attached hydrogen (secondary N) is 1. The molecule has 2 rings (SSSR count). The Balaban J connectivity index is 2.04. The summed E-state index contributed by atoms with van der Waals surface area (Å²) >= 11 is 1.16. The lowest BCUT2D eigenvalue weighted by Gasteiger charge is -2.24. The minimum absolute atomic E-state index is 0.116. The van der Waals surface area contributed by atoms with Gasteiger partial charge < -0.3 is 10.2 Å². The molecule has 1 aromatic rings. The number of rotatable bonds is 6. The van der Waals surface area contributed by atoms with Crippen molar-refractivity contribution >= 4 is 21.5 Å². The zero-order chi connectivity index (χ0) is 13.0. The average molecular weight is 270 g/mol. The highest BCUT2D eigenvalue weighted by atomic mass is 32.1. The molecule has 18 heavy (non-hydrogen) atoms. The molecule has 2 heterocycles. The Morgan fingerprint density at radius 1 is 1.72 bits per heavy atom. The molecule has 0 aromatic carbocycles. The topological polar surface area (TPSA) is 71.3 Å². The van der Waals surface area contributed by atoms with Crippen LogP contribution in [0.25, 0.3) is 0 Å². The van der Waals surface area contributed by atoms with E-state index in [-0.39, 0.29) is 9.92 Å². The summed E-state index contributed by atoms with van der Waals surface area (Å²) in [6, 6.07) is 0.486. The normalized spacial score (nSPS) is 19.1. The summed E-state index contributed by atoms with van der Waals surface area (Å²) in [7, 11) is 0. The Hall–Kier alpha value is -1.21. The largest absolute Gasteiger partial charge is 0.346 e. The number of anilines is 1. The summed E-state index contributed by atoms with van der Waals surface area (Å²) in [4.78, 5) is 16.6. The number of hydrogen-bond donors (Lipinski definition) is 1. The molecule has 100 valence electrons. The van der Waals surface area contributed by atoms with Crippen LogP contribution < -0.4 is 10.2 Å². The van der Waals surface area contributed by atoms with E-state index in [1.54, 1.807) is 0 Å². The van der Waals surface area contributed by atoms with Gasteiger partial charge in [0.05, 0.1) is 4.92 Å². The molecule has 1 unspecified atom stereocenters. The van der Waals surface area contributed by atoms with Crippen LogP contribution >= 0.6 is 11.3 Å². The average Bonchev–Trinajstić information content (AvgIpc) is 2.99. The maximum atomic E-state index is 10.7. The molecule has 0 amide bonds. The summed E-state index contributed by atoms with van der Waals surface area (Å²) < 4.78 is 0. The van der Waals surface area contributed by atoms with Gasteiger partial charge in [-0.15, -0.1) is 0 Å². The van der Waals surface area contributed by atoms with E-state index in [0.29, 0.717) is 6.04 Å². The summed E-state index contributed by atoms with van der Waals surface area (Å²) in [5.74, 6) is 0. The second kappa shape index (κ2) is 6.10. The predicted molar refractivity (Wildman–Crippen MR) is 72.3 cm³/mol. The van der Waals surface area contributed by atoms with Crippen LogP contribution in [0.4, 0.5) is 10.1 Å². The highest BCUT2D eigenvalue weighted by molar-refractivity contribution is 7.18. The monoisotopic (exact) mass is 270 g/mol. The van der Waals surface area contributed by atoms with Gasteiger partial charge in [0.2, 0.25) is 0 Å². The first-order chi connectivity index (χ1) is 8.70. The molecule has 1 aromatic heterocycles. The minimum Gasteiger partial charge on any atom is -0.346 e. The third-order valence-electron chi connectivity index (χ3n) is 3.03. The van der Waals surface area contributed by atoms with Crippen LogP contribution in [0.5, 0.6) is 0 Å². The van der Waals surface area contributed by atoms with Gasteiger partial charge in [-0.2, -0.15) is 0 Å².